The van der Waals surface area contributed by atoms with E-state index in [1.54, 1.807) is 12.3 Å². The molecule has 0 amide bonds. The van der Waals surface area contributed by atoms with Gasteiger partial charge < -0.3 is 4.74 Å². The zero-order valence-corrected chi connectivity index (χ0v) is 16.9. The summed E-state index contributed by atoms with van der Waals surface area (Å²) in [4.78, 5) is 4.20. The normalized spacial score (nSPS) is 16.8. The van der Waals surface area contributed by atoms with Crippen molar-refractivity contribution >= 4 is 32.0 Å². The molecule has 2 heterocycles. The average molecular weight is 437 g/mol. The van der Waals surface area contributed by atoms with Gasteiger partial charge in [0.25, 0.3) is 0 Å². The van der Waals surface area contributed by atoms with E-state index in [1.807, 2.05) is 43.3 Å². The SMILES string of the molecule is Cc1ccc(/C=C/S(=O)(=O)N2CCC(Oc3ncccc3Br)CC2)cc1. The Morgan fingerprint density at radius 1 is 1.19 bits per heavy atom. The molecule has 0 spiro atoms. The summed E-state index contributed by atoms with van der Waals surface area (Å²) in [5.41, 5.74) is 2.02. The number of hydrogen-bond donors (Lipinski definition) is 0. The Morgan fingerprint density at radius 2 is 1.88 bits per heavy atom. The van der Waals surface area contributed by atoms with E-state index < -0.39 is 10.0 Å². The molecule has 0 atom stereocenters. The van der Waals surface area contributed by atoms with Crippen LogP contribution in [-0.4, -0.2) is 36.9 Å². The lowest BCUT2D eigenvalue weighted by molar-refractivity contribution is 0.129. The van der Waals surface area contributed by atoms with Crippen molar-refractivity contribution in [3.05, 3.63) is 63.6 Å². The van der Waals surface area contributed by atoms with Crippen molar-refractivity contribution in [2.75, 3.05) is 13.1 Å². The number of benzene rings is 1. The molecule has 0 aliphatic carbocycles. The van der Waals surface area contributed by atoms with Crippen LogP contribution in [0.3, 0.4) is 0 Å². The maximum absolute atomic E-state index is 12.5. The number of sulfonamides is 1. The van der Waals surface area contributed by atoms with Gasteiger partial charge >= 0.3 is 0 Å². The van der Waals surface area contributed by atoms with Gasteiger partial charge in [-0.15, -0.1) is 0 Å². The Bertz CT molecular complexity index is 874. The van der Waals surface area contributed by atoms with Gasteiger partial charge in [-0.05, 0) is 59.5 Å². The largest absolute Gasteiger partial charge is 0.473 e. The lowest BCUT2D eigenvalue weighted by Crippen LogP contribution is -2.41. The fourth-order valence-corrected chi connectivity index (χ4v) is 4.32. The van der Waals surface area contributed by atoms with Crippen LogP contribution in [-0.2, 0) is 10.0 Å². The Morgan fingerprint density at radius 3 is 2.54 bits per heavy atom. The third-order valence-electron chi connectivity index (χ3n) is 4.27. The second-order valence-electron chi connectivity index (χ2n) is 6.27. The van der Waals surface area contributed by atoms with Gasteiger partial charge in [0.05, 0.1) is 4.47 Å². The molecule has 0 N–H and O–H groups in total. The minimum absolute atomic E-state index is 0.0336. The van der Waals surface area contributed by atoms with Crippen molar-refractivity contribution in [3.63, 3.8) is 0 Å². The Balaban J connectivity index is 1.58. The van der Waals surface area contributed by atoms with Crippen molar-refractivity contribution in [3.8, 4) is 5.88 Å². The van der Waals surface area contributed by atoms with E-state index in [0.29, 0.717) is 31.8 Å². The van der Waals surface area contributed by atoms with Crippen molar-refractivity contribution < 1.29 is 13.2 Å². The van der Waals surface area contributed by atoms with Crippen LogP contribution in [0.1, 0.15) is 24.0 Å². The smallest absolute Gasteiger partial charge is 0.236 e. The van der Waals surface area contributed by atoms with E-state index in [1.165, 1.54) is 9.71 Å². The minimum atomic E-state index is -3.42. The van der Waals surface area contributed by atoms with Crippen LogP contribution in [0, 0.1) is 6.92 Å². The van der Waals surface area contributed by atoms with Crippen LogP contribution in [0.5, 0.6) is 5.88 Å². The standard InChI is InChI=1S/C19H21BrN2O3S/c1-15-4-6-16(7-5-15)10-14-26(23,24)22-12-8-17(9-13-22)25-19-18(20)3-2-11-21-19/h2-7,10-11,14,17H,8-9,12-13H2,1H3/b14-10+. The lowest BCUT2D eigenvalue weighted by atomic mass is 10.1. The molecule has 3 rings (SSSR count). The molecule has 26 heavy (non-hydrogen) atoms. The maximum atomic E-state index is 12.5. The summed E-state index contributed by atoms with van der Waals surface area (Å²) in [6.07, 6.45) is 4.56. The molecule has 1 aromatic heterocycles. The molecule has 1 aliphatic rings. The van der Waals surface area contributed by atoms with Crippen molar-refractivity contribution in [2.45, 2.75) is 25.9 Å². The first kappa shape index (κ1) is 19.1. The molecule has 0 bridgehead atoms. The predicted molar refractivity (Wildman–Crippen MR) is 106 cm³/mol. The first-order valence-electron chi connectivity index (χ1n) is 8.46. The molecule has 1 aliphatic heterocycles. The van der Waals surface area contributed by atoms with E-state index in [0.717, 1.165) is 15.6 Å². The zero-order valence-electron chi connectivity index (χ0n) is 14.5. The van der Waals surface area contributed by atoms with Crippen LogP contribution in [0.4, 0.5) is 0 Å². The maximum Gasteiger partial charge on any atom is 0.236 e. The molecule has 5 nitrogen and oxygen atoms in total. The number of aryl methyl sites for hydroxylation is 1. The second-order valence-corrected chi connectivity index (χ2v) is 8.94. The Kier molecular flexibility index (Phi) is 6.11. The number of piperidine rings is 1. The van der Waals surface area contributed by atoms with E-state index in [-0.39, 0.29) is 6.10 Å². The molecule has 1 aromatic carbocycles. The molecule has 7 heteroatoms. The summed E-state index contributed by atoms with van der Waals surface area (Å²) < 4.78 is 33.2. The third-order valence-corrected chi connectivity index (χ3v) is 6.44. The molecular weight excluding hydrogens is 416 g/mol. The quantitative estimate of drug-likeness (QED) is 0.710. The van der Waals surface area contributed by atoms with Gasteiger partial charge in [-0.25, -0.2) is 13.4 Å². The zero-order chi connectivity index (χ0) is 18.6. The molecule has 138 valence electrons. The number of rotatable bonds is 5. The van der Waals surface area contributed by atoms with Crippen LogP contribution in [0.25, 0.3) is 6.08 Å². The summed E-state index contributed by atoms with van der Waals surface area (Å²) >= 11 is 3.41. The van der Waals surface area contributed by atoms with Gasteiger partial charge in [0.2, 0.25) is 15.9 Å². The minimum Gasteiger partial charge on any atom is -0.473 e. The highest BCUT2D eigenvalue weighted by Gasteiger charge is 2.27. The highest BCUT2D eigenvalue weighted by atomic mass is 79.9. The second kappa shape index (κ2) is 8.33. The van der Waals surface area contributed by atoms with E-state index in [2.05, 4.69) is 20.9 Å². The van der Waals surface area contributed by atoms with Crippen LogP contribution in [0.15, 0.2) is 52.5 Å². The Hall–Kier alpha value is -1.70. The van der Waals surface area contributed by atoms with E-state index in [9.17, 15) is 8.42 Å². The number of nitrogens with zero attached hydrogens (tertiary/aromatic N) is 2. The predicted octanol–water partition coefficient (Wildman–Crippen LogP) is 4.00. The van der Waals surface area contributed by atoms with Crippen molar-refractivity contribution in [2.24, 2.45) is 0 Å². The van der Waals surface area contributed by atoms with Crippen LogP contribution in [0.2, 0.25) is 0 Å². The number of hydrogen-bond acceptors (Lipinski definition) is 4. The van der Waals surface area contributed by atoms with Gasteiger partial charge in [-0.3, -0.25) is 0 Å². The van der Waals surface area contributed by atoms with Crippen molar-refractivity contribution in [1.29, 1.82) is 0 Å². The van der Waals surface area contributed by atoms with Crippen molar-refractivity contribution in [1.82, 2.24) is 9.29 Å². The van der Waals surface area contributed by atoms with Crippen LogP contribution < -0.4 is 4.74 Å². The van der Waals surface area contributed by atoms with Gasteiger partial charge in [0.15, 0.2) is 0 Å². The van der Waals surface area contributed by atoms with Crippen LogP contribution >= 0.6 is 15.9 Å². The highest BCUT2D eigenvalue weighted by Crippen LogP contribution is 2.25. The first-order valence-corrected chi connectivity index (χ1v) is 10.8. The topological polar surface area (TPSA) is 59.5 Å². The van der Waals surface area contributed by atoms with Gasteiger partial charge in [-0.2, -0.15) is 4.31 Å². The van der Waals surface area contributed by atoms with E-state index in [4.69, 9.17) is 4.74 Å². The average Bonchev–Trinajstić information content (AvgIpc) is 2.64. The van der Waals surface area contributed by atoms with Gasteiger partial charge in [0, 0.05) is 24.7 Å². The molecule has 1 fully saturated rings. The number of ether oxygens (including phenoxy) is 1. The monoisotopic (exact) mass is 436 g/mol. The Labute approximate surface area is 162 Å². The molecule has 0 unspecified atom stereocenters. The molecule has 0 radical (unpaired) electrons. The van der Waals surface area contributed by atoms with E-state index >= 15 is 0 Å². The number of aromatic nitrogens is 1. The summed E-state index contributed by atoms with van der Waals surface area (Å²) in [5, 5.41) is 1.29. The third kappa shape index (κ3) is 4.93. The fourth-order valence-electron chi connectivity index (χ4n) is 2.75. The fraction of sp³-hybridized carbons (Fsp3) is 0.316. The summed E-state index contributed by atoms with van der Waals surface area (Å²) in [6, 6.07) is 11.4. The number of halogens is 1. The highest BCUT2D eigenvalue weighted by molar-refractivity contribution is 9.10. The summed E-state index contributed by atoms with van der Waals surface area (Å²) in [5.74, 6) is 0.549. The lowest BCUT2D eigenvalue weighted by Gasteiger charge is -2.30. The number of pyridine rings is 1. The summed E-state index contributed by atoms with van der Waals surface area (Å²) in [6.45, 7) is 2.88. The summed E-state index contributed by atoms with van der Waals surface area (Å²) in [7, 11) is -3.42. The molecule has 0 saturated carbocycles. The first-order chi connectivity index (χ1) is 12.4. The molecule has 2 aromatic rings. The van der Waals surface area contributed by atoms with Gasteiger partial charge in [-0.1, -0.05) is 29.8 Å². The molecular formula is C19H21BrN2O3S. The molecule has 1 saturated heterocycles. The van der Waals surface area contributed by atoms with Gasteiger partial charge in [0.1, 0.15) is 6.10 Å².